The number of rotatable bonds is 4. The van der Waals surface area contributed by atoms with Crippen LogP contribution in [-0.2, 0) is 0 Å². The fourth-order valence-corrected chi connectivity index (χ4v) is 3.61. The number of hydrogen-bond donors (Lipinski definition) is 1. The average Bonchev–Trinajstić information content (AvgIpc) is 2.99. The number of carbonyl (C=O) groups is 1. The molecule has 4 heteroatoms. The summed E-state index contributed by atoms with van der Waals surface area (Å²) >= 11 is 6.27. The van der Waals surface area contributed by atoms with Crippen molar-refractivity contribution in [3.05, 3.63) is 76.9 Å². The van der Waals surface area contributed by atoms with E-state index in [1.54, 1.807) is 13.0 Å². The Bertz CT molecular complexity index is 1130. The molecule has 1 aromatic heterocycles. The Labute approximate surface area is 156 Å². The van der Waals surface area contributed by atoms with Gasteiger partial charge in [0.05, 0.1) is 0 Å². The van der Waals surface area contributed by atoms with Crippen LogP contribution in [0.1, 0.15) is 23.0 Å². The topological polar surface area (TPSA) is 42.1 Å². The fourth-order valence-electron chi connectivity index (χ4n) is 3.38. The lowest BCUT2D eigenvalue weighted by Gasteiger charge is -2.16. The van der Waals surface area contributed by atoms with Gasteiger partial charge in [-0.25, -0.2) is 0 Å². The minimum absolute atomic E-state index is 0.0426. The smallest absolute Gasteiger partial charge is 0.205 e. The standard InChI is InChI=1S/C22H18ClNO2/c1-13-21(17-9-5-6-10-19(17)24-13)22(25)14(2)26-20-12-11-18(23)15-7-3-4-8-16(15)20/h3-12,14,24H,1-2H3/t14-/m1/s1. The van der Waals surface area contributed by atoms with Crippen LogP contribution in [0.15, 0.2) is 60.7 Å². The summed E-state index contributed by atoms with van der Waals surface area (Å²) in [5, 5.41) is 3.40. The second-order valence-electron chi connectivity index (χ2n) is 6.39. The highest BCUT2D eigenvalue weighted by Gasteiger charge is 2.23. The Morgan fingerprint density at radius 3 is 2.38 bits per heavy atom. The van der Waals surface area contributed by atoms with E-state index in [2.05, 4.69) is 4.98 Å². The zero-order chi connectivity index (χ0) is 18.3. The molecule has 3 nitrogen and oxygen atoms in total. The average molecular weight is 364 g/mol. The van der Waals surface area contributed by atoms with Crippen molar-refractivity contribution >= 4 is 39.1 Å². The van der Waals surface area contributed by atoms with Crippen molar-refractivity contribution in [1.29, 1.82) is 0 Å². The number of aromatic nitrogens is 1. The third kappa shape index (κ3) is 2.74. The summed E-state index contributed by atoms with van der Waals surface area (Å²) in [6.45, 7) is 3.70. The van der Waals surface area contributed by atoms with Gasteiger partial charge in [-0.2, -0.15) is 0 Å². The van der Waals surface area contributed by atoms with Gasteiger partial charge in [0.25, 0.3) is 0 Å². The van der Waals surface area contributed by atoms with Crippen molar-refractivity contribution in [3.63, 3.8) is 0 Å². The quantitative estimate of drug-likeness (QED) is 0.456. The number of halogens is 1. The number of Topliss-reactive ketones (excluding diaryl/α,β-unsaturated/α-hetero) is 1. The number of benzene rings is 3. The lowest BCUT2D eigenvalue weighted by molar-refractivity contribution is 0.0821. The van der Waals surface area contributed by atoms with Gasteiger partial charge in [-0.15, -0.1) is 0 Å². The van der Waals surface area contributed by atoms with E-state index in [1.807, 2.05) is 61.5 Å². The molecule has 0 spiro atoms. The molecule has 0 fully saturated rings. The SMILES string of the molecule is Cc1[nH]c2ccccc2c1C(=O)[C@@H](C)Oc1ccc(Cl)c2ccccc12. The number of hydrogen-bond acceptors (Lipinski definition) is 2. The number of ketones is 1. The van der Waals surface area contributed by atoms with E-state index >= 15 is 0 Å². The van der Waals surface area contributed by atoms with Crippen LogP contribution in [0.3, 0.4) is 0 Å². The molecule has 1 N–H and O–H groups in total. The van der Waals surface area contributed by atoms with Crippen molar-refractivity contribution in [2.24, 2.45) is 0 Å². The van der Waals surface area contributed by atoms with Gasteiger partial charge in [-0.1, -0.05) is 54.1 Å². The molecule has 0 aliphatic rings. The molecule has 0 saturated carbocycles. The molecule has 1 heterocycles. The number of para-hydroxylation sites is 1. The maximum atomic E-state index is 13.1. The molecular weight excluding hydrogens is 346 g/mol. The van der Waals surface area contributed by atoms with Gasteiger partial charge in [0, 0.05) is 38.0 Å². The Hall–Kier alpha value is -2.78. The second-order valence-corrected chi connectivity index (χ2v) is 6.79. The predicted octanol–water partition coefficient (Wildman–Crippen LogP) is 5.93. The zero-order valence-corrected chi connectivity index (χ0v) is 15.3. The minimum Gasteiger partial charge on any atom is -0.482 e. The maximum Gasteiger partial charge on any atom is 0.205 e. The monoisotopic (exact) mass is 363 g/mol. The van der Waals surface area contributed by atoms with Crippen molar-refractivity contribution in [3.8, 4) is 5.75 Å². The Balaban J connectivity index is 1.70. The molecule has 0 bridgehead atoms. The summed E-state index contributed by atoms with van der Waals surface area (Å²) in [6, 6.07) is 19.2. The molecule has 0 saturated heterocycles. The first-order valence-corrected chi connectivity index (χ1v) is 8.89. The molecule has 1 atom stereocenters. The van der Waals surface area contributed by atoms with E-state index in [0.717, 1.165) is 27.4 Å². The number of fused-ring (bicyclic) bond motifs is 2. The van der Waals surface area contributed by atoms with Crippen molar-refractivity contribution in [1.82, 2.24) is 4.98 Å². The molecule has 4 aromatic rings. The largest absolute Gasteiger partial charge is 0.482 e. The second kappa shape index (κ2) is 6.50. The first-order valence-electron chi connectivity index (χ1n) is 8.51. The lowest BCUT2D eigenvalue weighted by atomic mass is 10.0. The van der Waals surface area contributed by atoms with Crippen LogP contribution in [0, 0.1) is 6.92 Å². The lowest BCUT2D eigenvalue weighted by Crippen LogP contribution is -2.24. The Morgan fingerprint density at radius 2 is 1.62 bits per heavy atom. The highest BCUT2D eigenvalue weighted by molar-refractivity contribution is 6.35. The molecule has 0 amide bonds. The summed E-state index contributed by atoms with van der Waals surface area (Å²) in [7, 11) is 0. The van der Waals surface area contributed by atoms with E-state index in [9.17, 15) is 4.79 Å². The van der Waals surface area contributed by atoms with Gasteiger partial charge >= 0.3 is 0 Å². The van der Waals surface area contributed by atoms with Gasteiger partial charge in [0.15, 0.2) is 6.10 Å². The summed E-state index contributed by atoms with van der Waals surface area (Å²) in [5.41, 5.74) is 2.50. The molecule has 4 rings (SSSR count). The molecule has 0 radical (unpaired) electrons. The van der Waals surface area contributed by atoms with Crippen LogP contribution >= 0.6 is 11.6 Å². The van der Waals surface area contributed by atoms with Crippen LogP contribution in [0.4, 0.5) is 0 Å². The molecule has 0 aliphatic carbocycles. The summed E-state index contributed by atoms with van der Waals surface area (Å²) in [6.07, 6.45) is -0.613. The summed E-state index contributed by atoms with van der Waals surface area (Å²) < 4.78 is 6.05. The third-order valence-electron chi connectivity index (χ3n) is 4.64. The molecule has 0 aliphatic heterocycles. The number of H-pyrrole nitrogens is 1. The van der Waals surface area contributed by atoms with Crippen molar-refractivity contribution < 1.29 is 9.53 Å². The summed E-state index contributed by atoms with van der Waals surface area (Å²) in [5.74, 6) is 0.613. The van der Waals surface area contributed by atoms with Crippen LogP contribution < -0.4 is 4.74 Å². The first-order chi connectivity index (χ1) is 12.6. The maximum absolute atomic E-state index is 13.1. The van der Waals surface area contributed by atoms with Crippen molar-refractivity contribution in [2.45, 2.75) is 20.0 Å². The molecule has 0 unspecified atom stereocenters. The van der Waals surface area contributed by atoms with E-state index in [4.69, 9.17) is 16.3 Å². The van der Waals surface area contributed by atoms with E-state index in [0.29, 0.717) is 16.3 Å². The molecule has 3 aromatic carbocycles. The number of ether oxygens (including phenoxy) is 1. The van der Waals surface area contributed by atoms with Crippen LogP contribution in [-0.4, -0.2) is 16.9 Å². The number of nitrogens with one attached hydrogen (secondary N) is 1. The normalized spacial score (nSPS) is 12.4. The van der Waals surface area contributed by atoms with Crippen LogP contribution in [0.25, 0.3) is 21.7 Å². The van der Waals surface area contributed by atoms with Gasteiger partial charge < -0.3 is 9.72 Å². The van der Waals surface area contributed by atoms with Crippen LogP contribution in [0.5, 0.6) is 5.75 Å². The first kappa shape index (κ1) is 16.7. The molecule has 130 valence electrons. The van der Waals surface area contributed by atoms with E-state index in [1.165, 1.54) is 0 Å². The zero-order valence-electron chi connectivity index (χ0n) is 14.5. The van der Waals surface area contributed by atoms with Crippen LogP contribution in [0.2, 0.25) is 5.02 Å². The van der Waals surface area contributed by atoms with Crippen molar-refractivity contribution in [2.75, 3.05) is 0 Å². The Morgan fingerprint density at radius 1 is 0.962 bits per heavy atom. The van der Waals surface area contributed by atoms with Gasteiger partial charge in [-0.05, 0) is 32.0 Å². The molecule has 26 heavy (non-hydrogen) atoms. The summed E-state index contributed by atoms with van der Waals surface area (Å²) in [4.78, 5) is 16.3. The number of aromatic amines is 1. The van der Waals surface area contributed by atoms with E-state index < -0.39 is 6.10 Å². The number of aryl methyl sites for hydroxylation is 1. The highest BCUT2D eigenvalue weighted by Crippen LogP contribution is 2.32. The highest BCUT2D eigenvalue weighted by atomic mass is 35.5. The predicted molar refractivity (Wildman–Crippen MR) is 106 cm³/mol. The minimum atomic E-state index is -0.613. The number of carbonyl (C=O) groups excluding carboxylic acids is 1. The molecular formula is C22H18ClNO2. The fraction of sp³-hybridized carbons (Fsp3) is 0.136. The Kier molecular flexibility index (Phi) is 4.17. The van der Waals surface area contributed by atoms with E-state index in [-0.39, 0.29) is 5.78 Å². The third-order valence-corrected chi connectivity index (χ3v) is 4.97. The van der Waals surface area contributed by atoms with Gasteiger partial charge in [0.1, 0.15) is 5.75 Å². The van der Waals surface area contributed by atoms with Gasteiger partial charge in [0.2, 0.25) is 5.78 Å². The van der Waals surface area contributed by atoms with Gasteiger partial charge in [-0.3, -0.25) is 4.79 Å².